The molecule has 0 saturated carbocycles. The average molecular weight is 440 g/mol. The number of nitrogens with one attached hydrogen (secondary N) is 4. The summed E-state index contributed by atoms with van der Waals surface area (Å²) in [6, 6.07) is 6.64. The molecule has 0 saturated heterocycles. The molecule has 9 nitrogen and oxygen atoms in total. The fourth-order valence-electron chi connectivity index (χ4n) is 4.20. The average Bonchev–Trinajstić information content (AvgIpc) is 3.04. The first kappa shape index (κ1) is 23.5. The predicted octanol–water partition coefficient (Wildman–Crippen LogP) is 1.82. The second-order valence-corrected chi connectivity index (χ2v) is 8.78. The van der Waals surface area contributed by atoms with Gasteiger partial charge in [0.25, 0.3) is 5.56 Å². The molecule has 9 heteroatoms. The van der Waals surface area contributed by atoms with E-state index in [0.717, 1.165) is 12.0 Å². The standard InChI is InChI=1S/C23H33N7O2/c1-5-10-26-17-13-28-22-23(4,29-14(2)3)11-18(30(22)21(17)32)20(31)27-12-15-6-8-16(9-7-15)19(24)25/h6-9,13-14,18,26,29H,5,10-12H2,1-4H3,(H3,24,25)(H,27,31)/t18-,23+/m0/s1. The molecular formula is C23H33N7O2. The number of nitrogen functional groups attached to an aromatic ring is 1. The number of carbonyl (C=O) groups is 1. The van der Waals surface area contributed by atoms with Crippen LogP contribution in [0.5, 0.6) is 0 Å². The van der Waals surface area contributed by atoms with Crippen LogP contribution in [0.3, 0.4) is 0 Å². The van der Waals surface area contributed by atoms with Gasteiger partial charge in [-0.2, -0.15) is 0 Å². The molecule has 6 N–H and O–H groups in total. The first-order valence-electron chi connectivity index (χ1n) is 11.0. The SMILES string of the molecule is CCCNc1cnc2n(c1=O)[C@H](C(=O)NCc1ccc(C(=N)N)cc1)C[C@@]2(C)NC(C)C. The van der Waals surface area contributed by atoms with Gasteiger partial charge in [-0.3, -0.25) is 19.6 Å². The highest BCUT2D eigenvalue weighted by molar-refractivity contribution is 5.94. The first-order valence-corrected chi connectivity index (χ1v) is 11.0. The van der Waals surface area contributed by atoms with E-state index >= 15 is 0 Å². The number of aromatic nitrogens is 2. The molecule has 172 valence electrons. The van der Waals surface area contributed by atoms with Gasteiger partial charge in [0.05, 0.1) is 11.7 Å². The third-order valence-electron chi connectivity index (χ3n) is 5.61. The summed E-state index contributed by atoms with van der Waals surface area (Å²) >= 11 is 0. The molecular weight excluding hydrogens is 406 g/mol. The lowest BCUT2D eigenvalue weighted by molar-refractivity contribution is -0.124. The number of anilines is 1. The van der Waals surface area contributed by atoms with Crippen molar-refractivity contribution in [3.05, 3.63) is 57.8 Å². The van der Waals surface area contributed by atoms with Crippen LogP contribution in [0.25, 0.3) is 0 Å². The smallest absolute Gasteiger partial charge is 0.277 e. The Morgan fingerprint density at radius 3 is 2.62 bits per heavy atom. The van der Waals surface area contributed by atoms with Crippen molar-refractivity contribution in [2.45, 2.75) is 64.7 Å². The Kier molecular flexibility index (Phi) is 6.98. The van der Waals surface area contributed by atoms with E-state index in [1.165, 1.54) is 4.57 Å². The fourth-order valence-corrected chi connectivity index (χ4v) is 4.20. The number of nitrogens with two attached hydrogens (primary N) is 1. The first-order chi connectivity index (χ1) is 15.2. The number of carbonyl (C=O) groups excluding carboxylic acids is 1. The molecule has 1 aromatic heterocycles. The number of rotatable bonds is 9. The molecule has 32 heavy (non-hydrogen) atoms. The van der Waals surface area contributed by atoms with Gasteiger partial charge in [0.2, 0.25) is 5.91 Å². The molecule has 0 bridgehead atoms. The Bertz CT molecular complexity index is 1050. The summed E-state index contributed by atoms with van der Waals surface area (Å²) in [4.78, 5) is 31.0. The van der Waals surface area contributed by atoms with Crippen LogP contribution < -0.4 is 27.2 Å². The van der Waals surface area contributed by atoms with E-state index in [9.17, 15) is 9.59 Å². The molecule has 2 atom stereocenters. The third-order valence-corrected chi connectivity index (χ3v) is 5.61. The Morgan fingerprint density at radius 1 is 1.34 bits per heavy atom. The van der Waals surface area contributed by atoms with Gasteiger partial charge in [0, 0.05) is 31.1 Å². The fraction of sp³-hybridized carbons (Fsp3) is 0.478. The monoisotopic (exact) mass is 439 g/mol. The van der Waals surface area contributed by atoms with Gasteiger partial charge < -0.3 is 21.7 Å². The highest BCUT2D eigenvalue weighted by Crippen LogP contribution is 2.37. The summed E-state index contributed by atoms with van der Waals surface area (Å²) in [5.41, 5.74) is 6.58. The molecule has 1 aliphatic rings. The number of amidine groups is 1. The predicted molar refractivity (Wildman–Crippen MR) is 126 cm³/mol. The molecule has 1 aromatic carbocycles. The molecule has 0 spiro atoms. The van der Waals surface area contributed by atoms with Crippen LogP contribution in [0.1, 0.15) is 63.5 Å². The molecule has 1 amide bonds. The second kappa shape index (κ2) is 9.52. The zero-order chi connectivity index (χ0) is 23.5. The number of amides is 1. The minimum absolute atomic E-state index is 0.000511. The summed E-state index contributed by atoms with van der Waals surface area (Å²) in [5.74, 6) is 0.344. The van der Waals surface area contributed by atoms with Crippen molar-refractivity contribution in [1.29, 1.82) is 5.41 Å². The molecule has 0 radical (unpaired) electrons. The van der Waals surface area contributed by atoms with Gasteiger partial charge in [-0.1, -0.05) is 31.2 Å². The second-order valence-electron chi connectivity index (χ2n) is 8.78. The van der Waals surface area contributed by atoms with E-state index in [0.29, 0.717) is 36.6 Å². The summed E-state index contributed by atoms with van der Waals surface area (Å²) in [6.45, 7) is 9.04. The van der Waals surface area contributed by atoms with E-state index in [4.69, 9.17) is 11.1 Å². The van der Waals surface area contributed by atoms with Crippen molar-refractivity contribution in [2.24, 2.45) is 5.73 Å². The van der Waals surface area contributed by atoms with Gasteiger partial charge in [-0.25, -0.2) is 4.98 Å². The van der Waals surface area contributed by atoms with Gasteiger partial charge in [0.1, 0.15) is 23.4 Å². The molecule has 3 rings (SSSR count). The van der Waals surface area contributed by atoms with E-state index < -0.39 is 11.6 Å². The highest BCUT2D eigenvalue weighted by atomic mass is 16.2. The topological polar surface area (TPSA) is 138 Å². The van der Waals surface area contributed by atoms with Crippen molar-refractivity contribution in [1.82, 2.24) is 20.2 Å². The van der Waals surface area contributed by atoms with Gasteiger partial charge in [0.15, 0.2) is 0 Å². The van der Waals surface area contributed by atoms with E-state index in [-0.39, 0.29) is 23.3 Å². The van der Waals surface area contributed by atoms with Crippen molar-refractivity contribution in [3.63, 3.8) is 0 Å². The van der Waals surface area contributed by atoms with Crippen LogP contribution in [0, 0.1) is 5.41 Å². The zero-order valence-electron chi connectivity index (χ0n) is 19.2. The largest absolute Gasteiger partial charge is 0.384 e. The van der Waals surface area contributed by atoms with Crippen molar-refractivity contribution in [2.75, 3.05) is 11.9 Å². The van der Waals surface area contributed by atoms with E-state index in [1.54, 1.807) is 18.3 Å². The summed E-state index contributed by atoms with van der Waals surface area (Å²) in [7, 11) is 0. The normalized spacial score (nSPS) is 19.6. The van der Waals surface area contributed by atoms with Gasteiger partial charge in [-0.15, -0.1) is 0 Å². The summed E-state index contributed by atoms with van der Waals surface area (Å²) in [6.07, 6.45) is 2.88. The van der Waals surface area contributed by atoms with Crippen LogP contribution in [0.2, 0.25) is 0 Å². The zero-order valence-corrected chi connectivity index (χ0v) is 19.2. The lowest BCUT2D eigenvalue weighted by Gasteiger charge is -2.27. The molecule has 2 aromatic rings. The number of fused-ring (bicyclic) bond motifs is 1. The molecule has 1 aliphatic heterocycles. The molecule has 0 unspecified atom stereocenters. The minimum Gasteiger partial charge on any atom is -0.384 e. The summed E-state index contributed by atoms with van der Waals surface area (Å²) in [5, 5.41) is 17.0. The van der Waals surface area contributed by atoms with Crippen molar-refractivity contribution >= 4 is 17.4 Å². The Hall–Kier alpha value is -3.20. The third kappa shape index (κ3) is 4.83. The molecule has 0 aliphatic carbocycles. The quantitative estimate of drug-likeness (QED) is 0.298. The molecule has 0 fully saturated rings. The maximum Gasteiger partial charge on any atom is 0.277 e. The minimum atomic E-state index is -0.666. The molecule has 2 heterocycles. The van der Waals surface area contributed by atoms with Crippen LogP contribution in [0.4, 0.5) is 5.69 Å². The van der Waals surface area contributed by atoms with Crippen LogP contribution >= 0.6 is 0 Å². The summed E-state index contributed by atoms with van der Waals surface area (Å²) < 4.78 is 1.53. The number of hydrogen-bond donors (Lipinski definition) is 5. The number of hydrogen-bond acceptors (Lipinski definition) is 6. The Labute approximate surface area is 188 Å². The van der Waals surface area contributed by atoms with Crippen molar-refractivity contribution in [3.8, 4) is 0 Å². The van der Waals surface area contributed by atoms with Crippen LogP contribution in [-0.4, -0.2) is 33.9 Å². The van der Waals surface area contributed by atoms with Crippen molar-refractivity contribution < 1.29 is 4.79 Å². The Morgan fingerprint density at radius 2 is 2.03 bits per heavy atom. The van der Waals surface area contributed by atoms with E-state index in [1.807, 2.05) is 39.8 Å². The number of nitrogens with zero attached hydrogens (tertiary/aromatic N) is 2. The van der Waals surface area contributed by atoms with Gasteiger partial charge in [-0.05, 0) is 32.8 Å². The van der Waals surface area contributed by atoms with E-state index in [2.05, 4.69) is 20.9 Å². The highest BCUT2D eigenvalue weighted by Gasteiger charge is 2.46. The van der Waals surface area contributed by atoms with Crippen LogP contribution in [0.15, 0.2) is 35.3 Å². The lowest BCUT2D eigenvalue weighted by atomic mass is 9.95. The Balaban J connectivity index is 1.86. The lowest BCUT2D eigenvalue weighted by Crippen LogP contribution is -2.43. The maximum atomic E-state index is 13.3. The van der Waals surface area contributed by atoms with Crippen LogP contribution in [-0.2, 0) is 16.9 Å². The number of benzene rings is 1. The van der Waals surface area contributed by atoms with Gasteiger partial charge >= 0.3 is 0 Å². The maximum absolute atomic E-state index is 13.3.